The minimum absolute atomic E-state index is 0.0164. The van der Waals surface area contributed by atoms with Gasteiger partial charge in [-0.1, -0.05) is 19.9 Å². The molecule has 1 N–H and O–H groups in total. The first-order valence-corrected chi connectivity index (χ1v) is 9.70. The van der Waals surface area contributed by atoms with Crippen molar-refractivity contribution in [3.05, 3.63) is 78.3 Å². The molecule has 4 rings (SSSR count). The molecule has 0 aliphatic carbocycles. The van der Waals surface area contributed by atoms with Crippen molar-refractivity contribution in [2.75, 3.05) is 6.54 Å². The Bertz CT molecular complexity index is 888. The van der Waals surface area contributed by atoms with Crippen LogP contribution >= 0.6 is 12.2 Å². The fourth-order valence-electron chi connectivity index (χ4n) is 3.73. The fourth-order valence-corrected chi connectivity index (χ4v) is 4.04. The zero-order chi connectivity index (χ0) is 18.8. The fraction of sp³-hybridized carbons (Fsp3) is 0.333. The normalized spacial score (nSPS) is 19.7. The summed E-state index contributed by atoms with van der Waals surface area (Å²) >= 11 is 5.71. The van der Waals surface area contributed by atoms with Crippen molar-refractivity contribution in [2.45, 2.75) is 32.5 Å². The minimum atomic E-state index is 0.0164. The summed E-state index contributed by atoms with van der Waals surface area (Å²) in [5.74, 6) is 1.44. The Morgan fingerprint density at radius 3 is 2.78 bits per heavy atom. The van der Waals surface area contributed by atoms with Gasteiger partial charge in [0.05, 0.1) is 30.6 Å². The van der Waals surface area contributed by atoms with Crippen LogP contribution < -0.4 is 5.32 Å². The van der Waals surface area contributed by atoms with Crippen LogP contribution in [0.25, 0.3) is 0 Å². The van der Waals surface area contributed by atoms with E-state index in [1.165, 1.54) is 5.69 Å². The van der Waals surface area contributed by atoms with Gasteiger partial charge < -0.3 is 19.2 Å². The number of hydrogen-bond donors (Lipinski definition) is 1. The SMILES string of the molecule is CC(C)CN1C(=S)N[C@@H](c2ccccn2)[C@H]1c1cccn1Cc1ccco1. The molecule has 0 unspecified atom stereocenters. The van der Waals surface area contributed by atoms with E-state index in [4.69, 9.17) is 16.6 Å². The largest absolute Gasteiger partial charge is 0.467 e. The van der Waals surface area contributed by atoms with Gasteiger partial charge in [-0.15, -0.1) is 0 Å². The molecule has 1 aliphatic rings. The second kappa shape index (κ2) is 7.56. The second-order valence-corrected chi connectivity index (χ2v) is 7.70. The van der Waals surface area contributed by atoms with Crippen LogP contribution in [0.5, 0.6) is 0 Å². The number of aromatic nitrogens is 2. The summed E-state index contributed by atoms with van der Waals surface area (Å²) < 4.78 is 7.80. The molecule has 2 atom stereocenters. The average Bonchev–Trinajstić information content (AvgIpc) is 3.38. The molecule has 0 bridgehead atoms. The summed E-state index contributed by atoms with van der Waals surface area (Å²) in [6.45, 7) is 6.03. The highest BCUT2D eigenvalue weighted by atomic mass is 32.1. The van der Waals surface area contributed by atoms with Gasteiger partial charge in [-0.3, -0.25) is 4.98 Å². The molecule has 0 amide bonds. The van der Waals surface area contributed by atoms with Crippen LogP contribution in [0.2, 0.25) is 0 Å². The highest BCUT2D eigenvalue weighted by Gasteiger charge is 2.41. The first-order valence-electron chi connectivity index (χ1n) is 9.29. The number of thiocarbonyl (C=S) groups is 1. The van der Waals surface area contributed by atoms with Crippen LogP contribution in [0, 0.1) is 5.92 Å². The molecular weight excluding hydrogens is 356 g/mol. The van der Waals surface area contributed by atoms with Gasteiger partial charge in [0.15, 0.2) is 5.11 Å². The van der Waals surface area contributed by atoms with E-state index in [1.807, 2.05) is 30.5 Å². The standard InChI is InChI=1S/C21H24N4OS/c1-15(2)13-25-20(19(23-21(25)27)17-8-3-4-10-22-17)18-9-5-11-24(18)14-16-7-6-12-26-16/h3-12,15,19-20H,13-14H2,1-2H3,(H,23,27)/t19-,20+/m0/s1. The lowest BCUT2D eigenvalue weighted by Crippen LogP contribution is -2.33. The summed E-state index contributed by atoms with van der Waals surface area (Å²) in [5.41, 5.74) is 2.21. The number of pyridine rings is 1. The molecule has 1 aliphatic heterocycles. The third-order valence-corrected chi connectivity index (χ3v) is 5.19. The van der Waals surface area contributed by atoms with Crippen LogP contribution in [0.15, 0.2) is 65.5 Å². The maximum absolute atomic E-state index is 5.71. The predicted molar refractivity (Wildman–Crippen MR) is 109 cm³/mol. The van der Waals surface area contributed by atoms with Gasteiger partial charge in [0.1, 0.15) is 5.76 Å². The summed E-state index contributed by atoms with van der Waals surface area (Å²) in [7, 11) is 0. The van der Waals surface area contributed by atoms with E-state index in [0.29, 0.717) is 12.5 Å². The van der Waals surface area contributed by atoms with Crippen molar-refractivity contribution in [1.82, 2.24) is 19.8 Å². The molecule has 27 heavy (non-hydrogen) atoms. The molecule has 4 heterocycles. The second-order valence-electron chi connectivity index (χ2n) is 7.31. The first-order chi connectivity index (χ1) is 13.1. The Morgan fingerprint density at radius 2 is 2.07 bits per heavy atom. The molecule has 3 aromatic rings. The maximum atomic E-state index is 5.71. The first kappa shape index (κ1) is 17.8. The van der Waals surface area contributed by atoms with Gasteiger partial charge in [0.25, 0.3) is 0 Å². The molecule has 1 fully saturated rings. The Morgan fingerprint density at radius 1 is 1.19 bits per heavy atom. The summed E-state index contributed by atoms with van der Waals surface area (Å²) in [6.07, 6.45) is 5.65. The van der Waals surface area contributed by atoms with E-state index in [2.05, 4.69) is 58.0 Å². The Balaban J connectivity index is 1.73. The molecule has 3 aromatic heterocycles. The van der Waals surface area contributed by atoms with Gasteiger partial charge in [0, 0.05) is 24.6 Å². The molecular formula is C21H24N4OS. The summed E-state index contributed by atoms with van der Waals surface area (Å²) in [4.78, 5) is 6.90. The van der Waals surface area contributed by atoms with Crippen LogP contribution in [0.4, 0.5) is 0 Å². The van der Waals surface area contributed by atoms with Crippen LogP contribution in [0.3, 0.4) is 0 Å². The number of nitrogens with one attached hydrogen (secondary N) is 1. The third-order valence-electron chi connectivity index (χ3n) is 4.83. The van der Waals surface area contributed by atoms with Gasteiger partial charge in [-0.2, -0.15) is 0 Å². The lowest BCUT2D eigenvalue weighted by atomic mass is 10.0. The van der Waals surface area contributed by atoms with Crippen molar-refractivity contribution in [3.63, 3.8) is 0 Å². The van der Waals surface area contributed by atoms with Crippen LogP contribution in [-0.4, -0.2) is 26.1 Å². The Hall–Kier alpha value is -2.60. The number of hydrogen-bond acceptors (Lipinski definition) is 3. The molecule has 0 aromatic carbocycles. The molecule has 0 spiro atoms. The molecule has 140 valence electrons. The minimum Gasteiger partial charge on any atom is -0.467 e. The average molecular weight is 381 g/mol. The molecule has 5 nitrogen and oxygen atoms in total. The Kier molecular flexibility index (Phi) is 4.99. The quantitative estimate of drug-likeness (QED) is 0.651. The van der Waals surface area contributed by atoms with Gasteiger partial charge in [0.2, 0.25) is 0 Å². The van der Waals surface area contributed by atoms with E-state index >= 15 is 0 Å². The van der Waals surface area contributed by atoms with E-state index in [0.717, 1.165) is 23.1 Å². The topological polar surface area (TPSA) is 46.2 Å². The molecule has 0 radical (unpaired) electrons. The van der Waals surface area contributed by atoms with Gasteiger partial charge >= 0.3 is 0 Å². The lowest BCUT2D eigenvalue weighted by Gasteiger charge is -2.30. The monoisotopic (exact) mass is 380 g/mol. The smallest absolute Gasteiger partial charge is 0.170 e. The summed E-state index contributed by atoms with van der Waals surface area (Å²) in [6, 6.07) is 14.3. The Labute approximate surface area is 165 Å². The van der Waals surface area contributed by atoms with Gasteiger partial charge in [-0.05, 0) is 54.5 Å². The maximum Gasteiger partial charge on any atom is 0.170 e. The highest BCUT2D eigenvalue weighted by molar-refractivity contribution is 7.80. The van der Waals surface area contributed by atoms with Crippen LogP contribution in [0.1, 0.15) is 43.1 Å². The molecule has 0 saturated carbocycles. The number of rotatable bonds is 6. The molecule has 1 saturated heterocycles. The van der Waals surface area contributed by atoms with Crippen molar-refractivity contribution < 1.29 is 4.42 Å². The predicted octanol–water partition coefficient (Wildman–Crippen LogP) is 4.15. The number of furan rings is 1. The van der Waals surface area contributed by atoms with Crippen LogP contribution in [-0.2, 0) is 6.54 Å². The third kappa shape index (κ3) is 3.62. The van der Waals surface area contributed by atoms with E-state index in [9.17, 15) is 0 Å². The van der Waals surface area contributed by atoms with Crippen molar-refractivity contribution in [3.8, 4) is 0 Å². The molecule has 6 heteroatoms. The number of nitrogens with zero attached hydrogens (tertiary/aromatic N) is 3. The van der Waals surface area contributed by atoms with Crippen molar-refractivity contribution in [1.29, 1.82) is 0 Å². The summed E-state index contributed by atoms with van der Waals surface area (Å²) in [5, 5.41) is 4.30. The zero-order valence-corrected chi connectivity index (χ0v) is 16.4. The van der Waals surface area contributed by atoms with Crippen molar-refractivity contribution in [2.24, 2.45) is 5.92 Å². The van der Waals surface area contributed by atoms with E-state index in [1.54, 1.807) is 6.26 Å². The lowest BCUT2D eigenvalue weighted by molar-refractivity contribution is 0.276. The van der Waals surface area contributed by atoms with E-state index < -0.39 is 0 Å². The highest BCUT2D eigenvalue weighted by Crippen LogP contribution is 2.39. The zero-order valence-electron chi connectivity index (χ0n) is 15.6. The van der Waals surface area contributed by atoms with E-state index in [-0.39, 0.29) is 12.1 Å². The van der Waals surface area contributed by atoms with Gasteiger partial charge in [-0.25, -0.2) is 0 Å². The van der Waals surface area contributed by atoms with Crippen molar-refractivity contribution >= 4 is 17.3 Å².